The molecule has 0 radical (unpaired) electrons. The van der Waals surface area contributed by atoms with E-state index in [-0.39, 0.29) is 12.1 Å². The SMILES string of the molecule is C[C@@H](NC(=O)COC(=O)CNC(=O)c1cccs1)c1ccc(F)cc1F. The van der Waals surface area contributed by atoms with Crippen LogP contribution in [0.25, 0.3) is 0 Å². The van der Waals surface area contributed by atoms with Crippen LogP contribution in [0.4, 0.5) is 8.78 Å². The normalized spacial score (nSPS) is 11.5. The lowest BCUT2D eigenvalue weighted by molar-refractivity contribution is -0.147. The minimum atomic E-state index is -0.786. The number of rotatable bonds is 7. The first kappa shape index (κ1) is 19.5. The maximum atomic E-state index is 13.6. The molecule has 0 saturated carbocycles. The number of hydrogen-bond acceptors (Lipinski definition) is 5. The number of halogens is 2. The molecule has 0 saturated heterocycles. The van der Waals surface area contributed by atoms with Gasteiger partial charge in [0, 0.05) is 11.6 Å². The summed E-state index contributed by atoms with van der Waals surface area (Å²) >= 11 is 1.23. The zero-order valence-corrected chi connectivity index (χ0v) is 14.6. The Morgan fingerprint density at radius 2 is 2.00 bits per heavy atom. The summed E-state index contributed by atoms with van der Waals surface area (Å²) in [5, 5.41) is 6.53. The van der Waals surface area contributed by atoms with Crippen LogP contribution in [-0.2, 0) is 14.3 Å². The van der Waals surface area contributed by atoms with Gasteiger partial charge in [0.15, 0.2) is 6.61 Å². The van der Waals surface area contributed by atoms with Gasteiger partial charge in [-0.25, -0.2) is 8.78 Å². The van der Waals surface area contributed by atoms with Crippen molar-refractivity contribution >= 4 is 29.1 Å². The van der Waals surface area contributed by atoms with E-state index in [0.29, 0.717) is 10.9 Å². The summed E-state index contributed by atoms with van der Waals surface area (Å²) in [6, 6.07) is 5.59. The van der Waals surface area contributed by atoms with Gasteiger partial charge in [0.2, 0.25) is 0 Å². The van der Waals surface area contributed by atoms with Crippen molar-refractivity contribution in [1.82, 2.24) is 10.6 Å². The van der Waals surface area contributed by atoms with E-state index in [2.05, 4.69) is 10.6 Å². The summed E-state index contributed by atoms with van der Waals surface area (Å²) in [7, 11) is 0. The second-order valence-electron chi connectivity index (χ2n) is 5.28. The molecule has 2 N–H and O–H groups in total. The molecule has 0 unspecified atom stereocenters. The van der Waals surface area contributed by atoms with Crippen molar-refractivity contribution in [2.24, 2.45) is 0 Å². The van der Waals surface area contributed by atoms with E-state index in [4.69, 9.17) is 4.74 Å². The smallest absolute Gasteiger partial charge is 0.325 e. The fourth-order valence-electron chi connectivity index (χ4n) is 2.06. The number of esters is 1. The van der Waals surface area contributed by atoms with Crippen LogP contribution in [0.1, 0.15) is 28.2 Å². The van der Waals surface area contributed by atoms with Gasteiger partial charge in [0.1, 0.15) is 18.2 Å². The van der Waals surface area contributed by atoms with E-state index in [1.165, 1.54) is 24.3 Å². The Balaban J connectivity index is 1.73. The molecule has 0 aliphatic carbocycles. The average Bonchev–Trinajstić information content (AvgIpc) is 3.12. The molecule has 2 amide bonds. The predicted molar refractivity (Wildman–Crippen MR) is 90.5 cm³/mol. The van der Waals surface area contributed by atoms with Crippen molar-refractivity contribution in [2.45, 2.75) is 13.0 Å². The summed E-state index contributed by atoms with van der Waals surface area (Å²) in [6.45, 7) is 0.546. The number of hydrogen-bond donors (Lipinski definition) is 2. The molecular weight excluding hydrogens is 366 g/mol. The van der Waals surface area contributed by atoms with Gasteiger partial charge in [0.25, 0.3) is 11.8 Å². The molecule has 138 valence electrons. The fourth-order valence-corrected chi connectivity index (χ4v) is 2.70. The van der Waals surface area contributed by atoms with Crippen LogP contribution in [-0.4, -0.2) is 30.9 Å². The highest BCUT2D eigenvalue weighted by atomic mass is 32.1. The first-order chi connectivity index (χ1) is 12.4. The summed E-state index contributed by atoms with van der Waals surface area (Å²) in [4.78, 5) is 35.4. The maximum absolute atomic E-state index is 13.6. The van der Waals surface area contributed by atoms with Gasteiger partial charge < -0.3 is 15.4 Å². The minimum absolute atomic E-state index is 0.106. The second-order valence-corrected chi connectivity index (χ2v) is 6.22. The maximum Gasteiger partial charge on any atom is 0.325 e. The molecule has 26 heavy (non-hydrogen) atoms. The van der Waals surface area contributed by atoms with Crippen LogP contribution >= 0.6 is 11.3 Å². The molecular formula is C17H16F2N2O4S. The fraction of sp³-hybridized carbons (Fsp3) is 0.235. The van der Waals surface area contributed by atoms with Crippen molar-refractivity contribution in [3.8, 4) is 0 Å². The van der Waals surface area contributed by atoms with Gasteiger partial charge >= 0.3 is 5.97 Å². The van der Waals surface area contributed by atoms with E-state index in [1.54, 1.807) is 17.5 Å². The first-order valence-corrected chi connectivity index (χ1v) is 8.46. The molecule has 1 aromatic heterocycles. The molecule has 1 atom stereocenters. The molecule has 0 aliphatic heterocycles. The minimum Gasteiger partial charge on any atom is -0.454 e. The van der Waals surface area contributed by atoms with Crippen molar-refractivity contribution in [1.29, 1.82) is 0 Å². The van der Waals surface area contributed by atoms with Crippen LogP contribution in [0.5, 0.6) is 0 Å². The highest BCUT2D eigenvalue weighted by Gasteiger charge is 2.16. The van der Waals surface area contributed by atoms with Crippen LogP contribution in [0, 0.1) is 11.6 Å². The van der Waals surface area contributed by atoms with Crippen LogP contribution in [0.3, 0.4) is 0 Å². The Bertz CT molecular complexity index is 796. The van der Waals surface area contributed by atoms with Gasteiger partial charge in [-0.3, -0.25) is 14.4 Å². The Kier molecular flexibility index (Phi) is 6.79. The molecule has 9 heteroatoms. The largest absolute Gasteiger partial charge is 0.454 e. The number of carbonyl (C=O) groups is 3. The van der Waals surface area contributed by atoms with Crippen molar-refractivity contribution in [3.05, 3.63) is 57.8 Å². The molecule has 6 nitrogen and oxygen atoms in total. The number of nitrogens with one attached hydrogen (secondary N) is 2. The number of ether oxygens (including phenoxy) is 1. The van der Waals surface area contributed by atoms with Crippen molar-refractivity contribution < 1.29 is 27.9 Å². The molecule has 0 spiro atoms. The second kappa shape index (κ2) is 9.04. The van der Waals surface area contributed by atoms with Gasteiger partial charge in [-0.2, -0.15) is 0 Å². The average molecular weight is 382 g/mol. The Labute approximate surface area is 152 Å². The van der Waals surface area contributed by atoms with Gasteiger partial charge in [-0.15, -0.1) is 11.3 Å². The third-order valence-corrected chi connectivity index (χ3v) is 4.18. The predicted octanol–water partition coefficient (Wildman–Crippen LogP) is 2.18. The molecule has 2 rings (SSSR count). The van der Waals surface area contributed by atoms with Crippen LogP contribution in [0.2, 0.25) is 0 Å². The Morgan fingerprint density at radius 1 is 1.23 bits per heavy atom. The number of benzene rings is 1. The van der Waals surface area contributed by atoms with E-state index in [9.17, 15) is 23.2 Å². The summed E-state index contributed by atoms with van der Waals surface area (Å²) < 4.78 is 31.3. The summed E-state index contributed by atoms with van der Waals surface area (Å²) in [5.41, 5.74) is 0.106. The van der Waals surface area contributed by atoms with Gasteiger partial charge in [-0.05, 0) is 24.4 Å². The van der Waals surface area contributed by atoms with Gasteiger partial charge in [0.05, 0.1) is 10.9 Å². The third-order valence-electron chi connectivity index (χ3n) is 3.31. The molecule has 2 aromatic rings. The lowest BCUT2D eigenvalue weighted by Gasteiger charge is -2.15. The molecule has 1 aromatic carbocycles. The van der Waals surface area contributed by atoms with Gasteiger partial charge in [-0.1, -0.05) is 12.1 Å². The number of thiophene rings is 1. The number of amides is 2. The first-order valence-electron chi connectivity index (χ1n) is 7.58. The van der Waals surface area contributed by atoms with Crippen molar-refractivity contribution in [3.63, 3.8) is 0 Å². The van der Waals surface area contributed by atoms with Crippen molar-refractivity contribution in [2.75, 3.05) is 13.2 Å². The van der Waals surface area contributed by atoms with Crippen LogP contribution in [0.15, 0.2) is 35.7 Å². The number of carbonyl (C=O) groups excluding carboxylic acids is 3. The standard InChI is InChI=1S/C17H16F2N2O4S/c1-10(12-5-4-11(18)7-13(12)19)21-15(22)9-25-16(23)8-20-17(24)14-3-2-6-26-14/h2-7,10H,8-9H2,1H3,(H,20,24)(H,21,22)/t10-/m1/s1. The Hall–Kier alpha value is -2.81. The molecule has 0 aliphatic rings. The molecule has 0 bridgehead atoms. The van der Waals surface area contributed by atoms with Crippen LogP contribution < -0.4 is 10.6 Å². The summed E-state index contributed by atoms with van der Waals surface area (Å²) in [6.07, 6.45) is 0. The highest BCUT2D eigenvalue weighted by molar-refractivity contribution is 7.12. The summed E-state index contributed by atoms with van der Waals surface area (Å²) in [5.74, 6) is -3.36. The lowest BCUT2D eigenvalue weighted by atomic mass is 10.1. The third kappa shape index (κ3) is 5.62. The molecule has 0 fully saturated rings. The Morgan fingerprint density at radius 3 is 2.65 bits per heavy atom. The monoisotopic (exact) mass is 382 g/mol. The molecule has 1 heterocycles. The van der Waals surface area contributed by atoms with E-state index >= 15 is 0 Å². The zero-order valence-electron chi connectivity index (χ0n) is 13.8. The topological polar surface area (TPSA) is 84.5 Å². The highest BCUT2D eigenvalue weighted by Crippen LogP contribution is 2.17. The lowest BCUT2D eigenvalue weighted by Crippen LogP contribution is -2.34. The quantitative estimate of drug-likeness (QED) is 0.719. The zero-order chi connectivity index (χ0) is 19.1. The van der Waals surface area contributed by atoms with E-state index in [0.717, 1.165) is 6.07 Å². The van der Waals surface area contributed by atoms with E-state index in [1.807, 2.05) is 0 Å². The van der Waals surface area contributed by atoms with E-state index < -0.39 is 42.1 Å².